The molecule has 1 rings (SSSR count). The van der Waals surface area contributed by atoms with Crippen LogP contribution in [0.2, 0.25) is 10.0 Å². The summed E-state index contributed by atoms with van der Waals surface area (Å²) in [6.45, 7) is 4.24. The molecule has 0 heterocycles. The number of halogens is 2. The van der Waals surface area contributed by atoms with Gasteiger partial charge in [0.25, 0.3) is 0 Å². The van der Waals surface area contributed by atoms with Gasteiger partial charge in [-0.3, -0.25) is 9.59 Å². The molecule has 4 nitrogen and oxygen atoms in total. The fourth-order valence-electron chi connectivity index (χ4n) is 1.52. The van der Waals surface area contributed by atoms with Gasteiger partial charge in [0, 0.05) is 23.1 Å². The molecule has 0 bridgehead atoms. The van der Waals surface area contributed by atoms with E-state index in [0.717, 1.165) is 5.56 Å². The molecule has 0 saturated heterocycles. The van der Waals surface area contributed by atoms with E-state index in [2.05, 4.69) is 17.2 Å². The highest BCUT2D eigenvalue weighted by molar-refractivity contribution is 6.35. The van der Waals surface area contributed by atoms with E-state index < -0.39 is 0 Å². The van der Waals surface area contributed by atoms with Crippen LogP contribution in [-0.2, 0) is 16.0 Å². The maximum absolute atomic E-state index is 11.5. The fourth-order valence-corrected chi connectivity index (χ4v) is 2.02. The molecule has 0 aliphatic heterocycles. The highest BCUT2D eigenvalue weighted by atomic mass is 35.5. The zero-order valence-corrected chi connectivity index (χ0v) is 12.4. The highest BCUT2D eigenvalue weighted by Gasteiger charge is 2.08. The second-order valence-electron chi connectivity index (χ2n) is 4.11. The third-order valence-corrected chi connectivity index (χ3v) is 3.08. The van der Waals surface area contributed by atoms with Crippen LogP contribution < -0.4 is 10.6 Å². The molecular weight excluding hydrogens is 299 g/mol. The summed E-state index contributed by atoms with van der Waals surface area (Å²) in [6, 6.07) is 5.21. The second-order valence-corrected chi connectivity index (χ2v) is 4.95. The van der Waals surface area contributed by atoms with Crippen molar-refractivity contribution < 1.29 is 9.59 Å². The monoisotopic (exact) mass is 314 g/mol. The predicted molar refractivity (Wildman–Crippen MR) is 81.0 cm³/mol. The third kappa shape index (κ3) is 6.08. The first-order valence-corrected chi connectivity index (χ1v) is 6.86. The first kappa shape index (κ1) is 16.5. The lowest BCUT2D eigenvalue weighted by molar-refractivity contribution is -0.129. The Balaban J connectivity index is 2.31. The number of benzene rings is 1. The second kappa shape index (κ2) is 8.61. The molecule has 1 aromatic rings. The number of nitrogens with one attached hydrogen (secondary N) is 2. The predicted octanol–water partition coefficient (Wildman–Crippen LogP) is 2.34. The lowest BCUT2D eigenvalue weighted by Gasteiger charge is -2.07. The van der Waals surface area contributed by atoms with Gasteiger partial charge in [-0.25, -0.2) is 0 Å². The van der Waals surface area contributed by atoms with Crippen LogP contribution in [0.25, 0.3) is 0 Å². The molecule has 0 unspecified atom stereocenters. The molecule has 2 N–H and O–H groups in total. The number of hydrogen-bond donors (Lipinski definition) is 2. The Kier molecular flexibility index (Phi) is 7.12. The van der Waals surface area contributed by atoms with Gasteiger partial charge in [0.2, 0.25) is 11.8 Å². The number of amides is 2. The normalized spacial score (nSPS) is 9.90. The SMILES string of the molecule is C=CCNC(=O)CC(=O)NCCc1ccc(Cl)cc1Cl. The minimum Gasteiger partial charge on any atom is -0.355 e. The van der Waals surface area contributed by atoms with Gasteiger partial charge in [-0.15, -0.1) is 6.58 Å². The van der Waals surface area contributed by atoms with Crippen molar-refractivity contribution in [3.05, 3.63) is 46.5 Å². The Bertz CT molecular complexity index is 504. The Hall–Kier alpha value is -1.52. The van der Waals surface area contributed by atoms with Crippen molar-refractivity contribution in [1.82, 2.24) is 10.6 Å². The van der Waals surface area contributed by atoms with E-state index in [1.807, 2.05) is 6.07 Å². The number of carbonyl (C=O) groups is 2. The average Bonchev–Trinajstić information content (AvgIpc) is 2.39. The zero-order valence-electron chi connectivity index (χ0n) is 10.9. The standard InChI is InChI=1S/C14H16Cl2N2O2/c1-2-6-17-13(19)9-14(20)18-7-5-10-3-4-11(15)8-12(10)16/h2-4,8H,1,5-7,9H2,(H,17,19)(H,18,20). The summed E-state index contributed by atoms with van der Waals surface area (Å²) in [7, 11) is 0. The molecule has 0 aliphatic carbocycles. The third-order valence-electron chi connectivity index (χ3n) is 2.50. The quantitative estimate of drug-likeness (QED) is 0.599. The summed E-state index contributed by atoms with van der Waals surface area (Å²) in [6.07, 6.45) is 1.94. The summed E-state index contributed by atoms with van der Waals surface area (Å²) in [4.78, 5) is 22.8. The maximum Gasteiger partial charge on any atom is 0.229 e. The lowest BCUT2D eigenvalue weighted by atomic mass is 10.1. The van der Waals surface area contributed by atoms with E-state index >= 15 is 0 Å². The van der Waals surface area contributed by atoms with Crippen molar-refractivity contribution >= 4 is 35.0 Å². The van der Waals surface area contributed by atoms with Gasteiger partial charge in [-0.2, -0.15) is 0 Å². The van der Waals surface area contributed by atoms with Crippen LogP contribution in [0.1, 0.15) is 12.0 Å². The van der Waals surface area contributed by atoms with Gasteiger partial charge >= 0.3 is 0 Å². The van der Waals surface area contributed by atoms with E-state index in [1.165, 1.54) is 0 Å². The lowest BCUT2D eigenvalue weighted by Crippen LogP contribution is -2.32. The summed E-state index contributed by atoms with van der Waals surface area (Å²) < 4.78 is 0. The minimum atomic E-state index is -0.327. The Morgan fingerprint density at radius 1 is 1.20 bits per heavy atom. The summed E-state index contributed by atoms with van der Waals surface area (Å²) in [5.74, 6) is -0.649. The van der Waals surface area contributed by atoms with Gasteiger partial charge in [0.15, 0.2) is 0 Å². The molecule has 6 heteroatoms. The van der Waals surface area contributed by atoms with Gasteiger partial charge in [0.1, 0.15) is 6.42 Å². The molecule has 0 aliphatic rings. The van der Waals surface area contributed by atoms with E-state index in [-0.39, 0.29) is 18.2 Å². The van der Waals surface area contributed by atoms with Crippen molar-refractivity contribution in [2.24, 2.45) is 0 Å². The van der Waals surface area contributed by atoms with Crippen LogP contribution in [0.15, 0.2) is 30.9 Å². The van der Waals surface area contributed by atoms with Crippen molar-refractivity contribution in [2.75, 3.05) is 13.1 Å². The highest BCUT2D eigenvalue weighted by Crippen LogP contribution is 2.20. The van der Waals surface area contributed by atoms with Crippen LogP contribution in [0, 0.1) is 0 Å². The van der Waals surface area contributed by atoms with Gasteiger partial charge < -0.3 is 10.6 Å². The van der Waals surface area contributed by atoms with Crippen molar-refractivity contribution in [3.63, 3.8) is 0 Å². The van der Waals surface area contributed by atoms with Crippen molar-refractivity contribution in [1.29, 1.82) is 0 Å². The van der Waals surface area contributed by atoms with Crippen LogP contribution in [-0.4, -0.2) is 24.9 Å². The average molecular weight is 315 g/mol. The van der Waals surface area contributed by atoms with Gasteiger partial charge in [0.05, 0.1) is 0 Å². The Morgan fingerprint density at radius 3 is 2.55 bits per heavy atom. The van der Waals surface area contributed by atoms with Crippen molar-refractivity contribution in [3.8, 4) is 0 Å². The Labute approximate surface area is 128 Å². The minimum absolute atomic E-state index is 0.192. The van der Waals surface area contributed by atoms with E-state index in [1.54, 1.807) is 18.2 Å². The summed E-state index contributed by atoms with van der Waals surface area (Å²) in [5.41, 5.74) is 0.896. The molecule has 0 fully saturated rings. The maximum atomic E-state index is 11.5. The van der Waals surface area contributed by atoms with Gasteiger partial charge in [-0.1, -0.05) is 35.3 Å². The molecule has 0 radical (unpaired) electrons. The van der Waals surface area contributed by atoms with E-state index in [4.69, 9.17) is 23.2 Å². The molecular formula is C14H16Cl2N2O2. The van der Waals surface area contributed by atoms with Crippen LogP contribution in [0.4, 0.5) is 0 Å². The smallest absolute Gasteiger partial charge is 0.229 e. The van der Waals surface area contributed by atoms with Crippen LogP contribution in [0.3, 0.4) is 0 Å². The number of rotatable bonds is 7. The molecule has 1 aromatic carbocycles. The van der Waals surface area contributed by atoms with Crippen LogP contribution in [0.5, 0.6) is 0 Å². The van der Waals surface area contributed by atoms with Gasteiger partial charge in [-0.05, 0) is 24.1 Å². The van der Waals surface area contributed by atoms with E-state index in [9.17, 15) is 9.59 Å². The van der Waals surface area contributed by atoms with Crippen LogP contribution >= 0.6 is 23.2 Å². The largest absolute Gasteiger partial charge is 0.355 e. The number of hydrogen-bond acceptors (Lipinski definition) is 2. The first-order valence-electron chi connectivity index (χ1n) is 6.11. The van der Waals surface area contributed by atoms with E-state index in [0.29, 0.717) is 29.6 Å². The number of carbonyl (C=O) groups excluding carboxylic acids is 2. The first-order chi connectivity index (χ1) is 9.52. The molecule has 0 atom stereocenters. The molecule has 20 heavy (non-hydrogen) atoms. The summed E-state index contributed by atoms with van der Waals surface area (Å²) >= 11 is 11.8. The van der Waals surface area contributed by atoms with Crippen molar-refractivity contribution in [2.45, 2.75) is 12.8 Å². The topological polar surface area (TPSA) is 58.2 Å². The zero-order chi connectivity index (χ0) is 15.0. The molecule has 0 saturated carbocycles. The molecule has 108 valence electrons. The molecule has 0 spiro atoms. The Morgan fingerprint density at radius 2 is 1.90 bits per heavy atom. The molecule has 0 aromatic heterocycles. The summed E-state index contributed by atoms with van der Waals surface area (Å²) in [5, 5.41) is 6.33. The fraction of sp³-hybridized carbons (Fsp3) is 0.286. The molecule has 2 amide bonds.